The van der Waals surface area contributed by atoms with Gasteiger partial charge in [0.15, 0.2) is 0 Å². The molecule has 0 aliphatic carbocycles. The quantitative estimate of drug-likeness (QED) is 0.866. The van der Waals surface area contributed by atoms with E-state index in [-0.39, 0.29) is 5.54 Å². The third-order valence-corrected chi connectivity index (χ3v) is 3.25. The minimum Gasteiger partial charge on any atom is -0.381 e. The van der Waals surface area contributed by atoms with Crippen LogP contribution in [0.3, 0.4) is 0 Å². The summed E-state index contributed by atoms with van der Waals surface area (Å²) in [6.45, 7) is 2.16. The van der Waals surface area contributed by atoms with Gasteiger partial charge in [-0.25, -0.2) is 0 Å². The highest BCUT2D eigenvalue weighted by Crippen LogP contribution is 2.28. The Morgan fingerprint density at radius 2 is 2.29 bits per heavy atom. The van der Waals surface area contributed by atoms with Gasteiger partial charge in [0, 0.05) is 26.0 Å². The Morgan fingerprint density at radius 1 is 1.57 bits per heavy atom. The molecule has 0 saturated carbocycles. The Kier molecular flexibility index (Phi) is 2.90. The minimum absolute atomic E-state index is 0.0374. The zero-order chi connectivity index (χ0) is 10.0. The van der Waals surface area contributed by atoms with Gasteiger partial charge in [-0.05, 0) is 28.8 Å². The molecule has 14 heavy (non-hydrogen) atoms. The van der Waals surface area contributed by atoms with Crippen LogP contribution in [0, 0.1) is 0 Å². The molecule has 2 heterocycles. The highest BCUT2D eigenvalue weighted by Gasteiger charge is 2.33. The van der Waals surface area contributed by atoms with Crippen molar-refractivity contribution in [2.45, 2.75) is 18.4 Å². The molecule has 2 N–H and O–H groups in total. The molecule has 0 radical (unpaired) electrons. The van der Waals surface area contributed by atoms with Gasteiger partial charge in [-0.1, -0.05) is 0 Å². The van der Waals surface area contributed by atoms with Gasteiger partial charge in [-0.15, -0.1) is 0 Å². The lowest BCUT2D eigenvalue weighted by Crippen LogP contribution is -2.46. The Balaban J connectivity index is 2.26. The summed E-state index contributed by atoms with van der Waals surface area (Å²) < 4.78 is 8.32. The van der Waals surface area contributed by atoms with Crippen LogP contribution >= 0.6 is 15.9 Å². The first-order chi connectivity index (χ1) is 6.77. The van der Waals surface area contributed by atoms with Gasteiger partial charge in [0.1, 0.15) is 0 Å². The van der Waals surface area contributed by atoms with E-state index in [0.29, 0.717) is 6.54 Å². The van der Waals surface area contributed by atoms with Crippen molar-refractivity contribution >= 4 is 15.9 Å². The molecule has 5 heteroatoms. The molecule has 2 rings (SSSR count). The SMILES string of the molecule is NCC1(n2cc(Br)cn2)CCOCC1. The van der Waals surface area contributed by atoms with E-state index in [0.717, 1.165) is 30.5 Å². The molecule has 0 unspecified atom stereocenters. The molecular formula is C9H14BrN3O. The molecule has 1 aliphatic rings. The number of halogens is 1. The summed E-state index contributed by atoms with van der Waals surface area (Å²) >= 11 is 3.40. The molecule has 0 amide bonds. The highest BCUT2D eigenvalue weighted by atomic mass is 79.9. The summed E-state index contributed by atoms with van der Waals surface area (Å²) in [4.78, 5) is 0. The summed E-state index contributed by atoms with van der Waals surface area (Å²) in [5.41, 5.74) is 5.81. The first kappa shape index (κ1) is 10.1. The minimum atomic E-state index is -0.0374. The Bertz CT molecular complexity index is 307. The van der Waals surface area contributed by atoms with Gasteiger partial charge in [-0.2, -0.15) is 5.10 Å². The Hall–Kier alpha value is -0.390. The third-order valence-electron chi connectivity index (χ3n) is 2.84. The van der Waals surface area contributed by atoms with Crippen LogP contribution in [0.5, 0.6) is 0 Å². The molecule has 1 aromatic rings. The van der Waals surface area contributed by atoms with E-state index in [4.69, 9.17) is 10.5 Å². The predicted molar refractivity (Wildman–Crippen MR) is 57.0 cm³/mol. The summed E-state index contributed by atoms with van der Waals surface area (Å²) in [6.07, 6.45) is 5.67. The number of nitrogens with zero attached hydrogens (tertiary/aromatic N) is 2. The van der Waals surface area contributed by atoms with E-state index in [2.05, 4.69) is 21.0 Å². The summed E-state index contributed by atoms with van der Waals surface area (Å²) in [5.74, 6) is 0. The average molecular weight is 260 g/mol. The van der Waals surface area contributed by atoms with Crippen molar-refractivity contribution in [3.05, 3.63) is 16.9 Å². The number of hydrogen-bond acceptors (Lipinski definition) is 3. The number of ether oxygens (including phenoxy) is 1. The molecule has 0 bridgehead atoms. The molecule has 4 nitrogen and oxygen atoms in total. The molecule has 78 valence electrons. The van der Waals surface area contributed by atoms with Crippen molar-refractivity contribution in [1.82, 2.24) is 9.78 Å². The van der Waals surface area contributed by atoms with Gasteiger partial charge in [0.05, 0.1) is 16.2 Å². The summed E-state index contributed by atoms with van der Waals surface area (Å²) in [6, 6.07) is 0. The zero-order valence-electron chi connectivity index (χ0n) is 7.95. The fraction of sp³-hybridized carbons (Fsp3) is 0.667. The van der Waals surface area contributed by atoms with Crippen molar-refractivity contribution < 1.29 is 4.74 Å². The third kappa shape index (κ3) is 1.71. The molecule has 0 aromatic carbocycles. The lowest BCUT2D eigenvalue weighted by atomic mass is 9.90. The fourth-order valence-corrected chi connectivity index (χ4v) is 2.12. The smallest absolute Gasteiger partial charge is 0.0793 e. The maximum atomic E-state index is 5.85. The van der Waals surface area contributed by atoms with E-state index >= 15 is 0 Å². The van der Waals surface area contributed by atoms with Crippen LogP contribution in [-0.4, -0.2) is 29.5 Å². The van der Waals surface area contributed by atoms with Crippen molar-refractivity contribution in [3.8, 4) is 0 Å². The van der Waals surface area contributed by atoms with E-state index in [9.17, 15) is 0 Å². The second-order valence-corrected chi connectivity index (χ2v) is 4.56. The van der Waals surface area contributed by atoms with E-state index in [1.165, 1.54) is 0 Å². The van der Waals surface area contributed by atoms with Crippen LogP contribution in [0.25, 0.3) is 0 Å². The van der Waals surface area contributed by atoms with Crippen LogP contribution in [0.2, 0.25) is 0 Å². The second-order valence-electron chi connectivity index (χ2n) is 3.64. The summed E-state index contributed by atoms with van der Waals surface area (Å²) in [7, 11) is 0. The molecule has 1 fully saturated rings. The van der Waals surface area contributed by atoms with Crippen molar-refractivity contribution in [2.75, 3.05) is 19.8 Å². The number of aromatic nitrogens is 2. The lowest BCUT2D eigenvalue weighted by molar-refractivity contribution is 0.0192. The fourth-order valence-electron chi connectivity index (χ4n) is 1.84. The van der Waals surface area contributed by atoms with Crippen LogP contribution in [0.1, 0.15) is 12.8 Å². The van der Waals surface area contributed by atoms with Crippen LogP contribution in [0.4, 0.5) is 0 Å². The maximum Gasteiger partial charge on any atom is 0.0793 e. The molecule has 1 aromatic heterocycles. The monoisotopic (exact) mass is 259 g/mol. The molecule has 1 aliphatic heterocycles. The number of nitrogens with two attached hydrogens (primary N) is 1. The van der Waals surface area contributed by atoms with Gasteiger partial charge in [0.2, 0.25) is 0 Å². The standard InChI is InChI=1S/C9H14BrN3O/c10-8-5-12-13(6-8)9(7-11)1-3-14-4-2-9/h5-6H,1-4,7,11H2. The van der Waals surface area contributed by atoms with Crippen molar-refractivity contribution in [3.63, 3.8) is 0 Å². The van der Waals surface area contributed by atoms with Crippen LogP contribution < -0.4 is 5.73 Å². The second kappa shape index (κ2) is 4.00. The van der Waals surface area contributed by atoms with E-state index < -0.39 is 0 Å². The first-order valence-corrected chi connectivity index (χ1v) is 5.55. The topological polar surface area (TPSA) is 53.1 Å². The van der Waals surface area contributed by atoms with Crippen LogP contribution in [-0.2, 0) is 10.3 Å². The number of hydrogen-bond donors (Lipinski definition) is 1. The largest absolute Gasteiger partial charge is 0.381 e. The molecule has 0 spiro atoms. The zero-order valence-corrected chi connectivity index (χ0v) is 9.53. The normalized spacial score (nSPS) is 21.0. The van der Waals surface area contributed by atoms with Gasteiger partial charge in [-0.3, -0.25) is 4.68 Å². The highest BCUT2D eigenvalue weighted by molar-refractivity contribution is 9.10. The Labute approximate surface area is 91.5 Å². The predicted octanol–water partition coefficient (Wildman–Crippen LogP) is 1.11. The van der Waals surface area contributed by atoms with Gasteiger partial charge < -0.3 is 10.5 Å². The van der Waals surface area contributed by atoms with Gasteiger partial charge >= 0.3 is 0 Å². The average Bonchev–Trinajstić information content (AvgIpc) is 2.66. The first-order valence-electron chi connectivity index (χ1n) is 4.75. The molecular weight excluding hydrogens is 246 g/mol. The van der Waals surface area contributed by atoms with Crippen molar-refractivity contribution in [1.29, 1.82) is 0 Å². The van der Waals surface area contributed by atoms with Crippen molar-refractivity contribution in [2.24, 2.45) is 5.73 Å². The number of rotatable bonds is 2. The van der Waals surface area contributed by atoms with Gasteiger partial charge in [0.25, 0.3) is 0 Å². The van der Waals surface area contributed by atoms with Crippen LogP contribution in [0.15, 0.2) is 16.9 Å². The van der Waals surface area contributed by atoms with E-state index in [1.54, 1.807) is 6.20 Å². The summed E-state index contributed by atoms with van der Waals surface area (Å²) in [5, 5.41) is 4.32. The van der Waals surface area contributed by atoms with E-state index in [1.807, 2.05) is 10.9 Å². The lowest BCUT2D eigenvalue weighted by Gasteiger charge is -2.36. The molecule has 0 atom stereocenters. The molecule has 1 saturated heterocycles. The Morgan fingerprint density at radius 3 is 2.79 bits per heavy atom. The maximum absolute atomic E-state index is 5.85.